The zero-order valence-electron chi connectivity index (χ0n) is 14.5. The Kier molecular flexibility index (Phi) is 5.38. The van der Waals surface area contributed by atoms with Crippen molar-refractivity contribution in [3.05, 3.63) is 47.2 Å². The molecule has 4 nitrogen and oxygen atoms in total. The number of aryl methyl sites for hydroxylation is 1. The van der Waals surface area contributed by atoms with Crippen LogP contribution in [-0.4, -0.2) is 21.6 Å². The van der Waals surface area contributed by atoms with E-state index in [2.05, 4.69) is 15.3 Å². The molecule has 0 saturated heterocycles. The van der Waals surface area contributed by atoms with Gasteiger partial charge in [0.25, 0.3) is 0 Å². The van der Waals surface area contributed by atoms with E-state index in [1.165, 1.54) is 23.5 Å². The molecule has 4 aromatic rings. The number of halogens is 1. The van der Waals surface area contributed by atoms with Crippen LogP contribution in [0.15, 0.2) is 41.3 Å². The van der Waals surface area contributed by atoms with Gasteiger partial charge in [0.15, 0.2) is 5.13 Å². The lowest BCUT2D eigenvalue weighted by Gasteiger charge is -2.02. The van der Waals surface area contributed by atoms with E-state index in [4.69, 9.17) is 0 Å². The number of benzene rings is 2. The van der Waals surface area contributed by atoms with Crippen LogP contribution in [0.2, 0.25) is 0 Å². The Balaban J connectivity index is 1.33. The second kappa shape index (κ2) is 7.92. The van der Waals surface area contributed by atoms with Crippen LogP contribution < -0.4 is 5.32 Å². The molecule has 0 atom stereocenters. The molecular weight excluding hydrogens is 401 g/mol. The summed E-state index contributed by atoms with van der Waals surface area (Å²) in [6.45, 7) is 1.99. The molecule has 1 amide bonds. The minimum absolute atomic E-state index is 0.0422. The molecule has 138 valence electrons. The Bertz CT molecular complexity index is 1100. The zero-order valence-corrected chi connectivity index (χ0v) is 16.9. The number of hydrogen-bond donors (Lipinski definition) is 1. The van der Waals surface area contributed by atoms with Crippen LogP contribution in [-0.2, 0) is 4.79 Å². The van der Waals surface area contributed by atoms with Crippen LogP contribution in [0.1, 0.15) is 17.8 Å². The predicted octanol–water partition coefficient (Wildman–Crippen LogP) is 5.86. The van der Waals surface area contributed by atoms with Crippen LogP contribution in [0.4, 0.5) is 9.52 Å². The number of carbonyl (C=O) groups excluding carboxylic acids is 1. The van der Waals surface area contributed by atoms with Crippen molar-refractivity contribution in [2.45, 2.75) is 24.7 Å². The minimum atomic E-state index is -0.236. The molecule has 0 aliphatic heterocycles. The lowest BCUT2D eigenvalue weighted by atomic mass is 10.3. The molecule has 4 rings (SSSR count). The summed E-state index contributed by atoms with van der Waals surface area (Å²) in [5, 5.41) is 4.53. The van der Waals surface area contributed by atoms with Crippen molar-refractivity contribution in [2.75, 3.05) is 11.1 Å². The van der Waals surface area contributed by atoms with E-state index in [-0.39, 0.29) is 11.7 Å². The Morgan fingerprint density at radius 2 is 1.96 bits per heavy atom. The number of thioether (sulfide) groups is 1. The molecule has 2 heterocycles. The molecule has 0 fully saturated rings. The summed E-state index contributed by atoms with van der Waals surface area (Å²) in [5.74, 6) is 0.525. The van der Waals surface area contributed by atoms with Crippen molar-refractivity contribution in [2.24, 2.45) is 0 Å². The Morgan fingerprint density at radius 1 is 1.15 bits per heavy atom. The first-order chi connectivity index (χ1) is 13.1. The first kappa shape index (κ1) is 18.3. The van der Waals surface area contributed by atoms with E-state index in [1.807, 2.05) is 19.1 Å². The summed E-state index contributed by atoms with van der Waals surface area (Å²) in [6, 6.07) is 10.4. The second-order valence-corrected chi connectivity index (χ2v) is 9.37. The average molecular weight is 418 g/mol. The molecule has 1 N–H and O–H groups in total. The number of thiazole rings is 2. The third-order valence-electron chi connectivity index (χ3n) is 3.90. The van der Waals surface area contributed by atoms with Crippen LogP contribution in [0.5, 0.6) is 0 Å². The lowest BCUT2D eigenvalue weighted by Crippen LogP contribution is -2.11. The molecule has 0 aliphatic carbocycles. The Morgan fingerprint density at radius 3 is 2.78 bits per heavy atom. The highest BCUT2D eigenvalue weighted by atomic mass is 32.2. The van der Waals surface area contributed by atoms with Crippen molar-refractivity contribution < 1.29 is 9.18 Å². The number of nitrogens with zero attached hydrogens (tertiary/aromatic N) is 2. The van der Waals surface area contributed by atoms with Crippen molar-refractivity contribution >= 4 is 65.9 Å². The van der Waals surface area contributed by atoms with Gasteiger partial charge < -0.3 is 5.32 Å². The van der Waals surface area contributed by atoms with E-state index < -0.39 is 0 Å². The summed E-state index contributed by atoms with van der Waals surface area (Å²) in [6.07, 6.45) is 1.17. The van der Waals surface area contributed by atoms with Crippen molar-refractivity contribution in [3.63, 3.8) is 0 Å². The molecule has 0 spiro atoms. The maximum atomic E-state index is 12.9. The van der Waals surface area contributed by atoms with Gasteiger partial charge in [-0.3, -0.25) is 4.79 Å². The summed E-state index contributed by atoms with van der Waals surface area (Å²) in [4.78, 5) is 22.3. The maximum absolute atomic E-state index is 12.9. The molecule has 0 unspecified atom stereocenters. The van der Waals surface area contributed by atoms with Crippen molar-refractivity contribution in [1.29, 1.82) is 0 Å². The minimum Gasteiger partial charge on any atom is -0.302 e. The Labute approximate surface area is 167 Å². The van der Waals surface area contributed by atoms with E-state index in [1.54, 1.807) is 35.2 Å². The van der Waals surface area contributed by atoms with Gasteiger partial charge in [0.05, 0.1) is 19.9 Å². The van der Waals surface area contributed by atoms with Gasteiger partial charge in [-0.05, 0) is 55.5 Å². The Hall–Kier alpha value is -2.03. The van der Waals surface area contributed by atoms with Crippen LogP contribution in [0, 0.1) is 12.7 Å². The quantitative estimate of drug-likeness (QED) is 0.315. The topological polar surface area (TPSA) is 54.9 Å². The van der Waals surface area contributed by atoms with Gasteiger partial charge in [-0.25, -0.2) is 14.4 Å². The first-order valence-electron chi connectivity index (χ1n) is 8.43. The van der Waals surface area contributed by atoms with E-state index in [0.29, 0.717) is 11.6 Å². The number of carbonyl (C=O) groups is 1. The number of rotatable bonds is 6. The monoisotopic (exact) mass is 417 g/mol. The first-order valence-corrected chi connectivity index (χ1v) is 11.1. The smallest absolute Gasteiger partial charge is 0.226 e. The van der Waals surface area contributed by atoms with Crippen LogP contribution in [0.3, 0.4) is 0 Å². The van der Waals surface area contributed by atoms with Crippen LogP contribution >= 0.6 is 34.4 Å². The maximum Gasteiger partial charge on any atom is 0.226 e. The second-order valence-electron chi connectivity index (χ2n) is 5.97. The molecule has 0 saturated carbocycles. The zero-order chi connectivity index (χ0) is 18.8. The standard InChI is InChI=1S/C19H16FN3OS3/c1-11-21-17-15(26-11)9-8-14-18(17)27-19(22-14)23-16(24)3-2-10-25-13-6-4-12(20)5-7-13/h4-9H,2-3,10H2,1H3,(H,22,23,24). The molecular formula is C19H16FN3OS3. The van der Waals surface area contributed by atoms with Gasteiger partial charge in [-0.1, -0.05) is 11.3 Å². The normalized spacial score (nSPS) is 11.3. The average Bonchev–Trinajstić information content (AvgIpc) is 3.22. The molecule has 0 radical (unpaired) electrons. The third-order valence-corrected chi connectivity index (χ3v) is 6.93. The number of nitrogens with one attached hydrogen (secondary N) is 1. The number of aromatic nitrogens is 2. The highest BCUT2D eigenvalue weighted by Gasteiger charge is 2.12. The number of amides is 1. The summed E-state index contributed by atoms with van der Waals surface area (Å²) < 4.78 is 15.0. The largest absolute Gasteiger partial charge is 0.302 e. The van der Waals surface area contributed by atoms with Gasteiger partial charge in [-0.2, -0.15) is 0 Å². The fraction of sp³-hybridized carbons (Fsp3) is 0.211. The molecule has 27 heavy (non-hydrogen) atoms. The van der Waals surface area contributed by atoms with Gasteiger partial charge in [0.1, 0.15) is 11.3 Å². The molecule has 2 aromatic carbocycles. The van der Waals surface area contributed by atoms with Crippen molar-refractivity contribution in [1.82, 2.24) is 9.97 Å². The van der Waals surface area contributed by atoms with E-state index in [9.17, 15) is 9.18 Å². The van der Waals surface area contributed by atoms with E-state index in [0.717, 1.165) is 42.5 Å². The fourth-order valence-corrected chi connectivity index (χ4v) is 5.40. The number of anilines is 1. The summed E-state index contributed by atoms with van der Waals surface area (Å²) >= 11 is 4.74. The molecule has 2 aromatic heterocycles. The third kappa shape index (κ3) is 4.28. The highest BCUT2D eigenvalue weighted by Crippen LogP contribution is 2.34. The van der Waals surface area contributed by atoms with Gasteiger partial charge in [0, 0.05) is 11.3 Å². The van der Waals surface area contributed by atoms with Gasteiger partial charge >= 0.3 is 0 Å². The van der Waals surface area contributed by atoms with Crippen molar-refractivity contribution in [3.8, 4) is 0 Å². The molecule has 0 bridgehead atoms. The van der Waals surface area contributed by atoms with Crippen LogP contribution in [0.25, 0.3) is 20.4 Å². The number of hydrogen-bond acceptors (Lipinski definition) is 6. The summed E-state index contributed by atoms with van der Waals surface area (Å²) in [5.41, 5.74) is 1.82. The predicted molar refractivity (Wildman–Crippen MR) is 113 cm³/mol. The highest BCUT2D eigenvalue weighted by molar-refractivity contribution is 7.99. The molecule has 0 aliphatic rings. The van der Waals surface area contributed by atoms with E-state index >= 15 is 0 Å². The molecule has 8 heteroatoms. The van der Waals surface area contributed by atoms with Gasteiger partial charge in [0.2, 0.25) is 5.91 Å². The lowest BCUT2D eigenvalue weighted by molar-refractivity contribution is -0.116. The SMILES string of the molecule is Cc1nc2c(ccc3nc(NC(=O)CCCSc4ccc(F)cc4)sc32)s1. The fourth-order valence-electron chi connectivity index (χ4n) is 2.68. The number of fused-ring (bicyclic) bond motifs is 3. The summed E-state index contributed by atoms with van der Waals surface area (Å²) in [7, 11) is 0. The van der Waals surface area contributed by atoms with Gasteiger partial charge in [-0.15, -0.1) is 23.1 Å².